The van der Waals surface area contributed by atoms with E-state index in [9.17, 15) is 39.1 Å². The van der Waals surface area contributed by atoms with Crippen LogP contribution in [0.5, 0.6) is 0 Å². The molecule has 11 nitrogen and oxygen atoms in total. The Morgan fingerprint density at radius 3 is 1.85 bits per heavy atom. The summed E-state index contributed by atoms with van der Waals surface area (Å²) < 4.78 is 40.3. The molecule has 1 aliphatic rings. The second-order valence-electron chi connectivity index (χ2n) is 12.9. The summed E-state index contributed by atoms with van der Waals surface area (Å²) in [5.41, 5.74) is 1.73. The Kier molecular flexibility index (Phi) is 17.9. The summed E-state index contributed by atoms with van der Waals surface area (Å²) in [6, 6.07) is 14.3. The molecule has 8 atom stereocenters. The molecule has 1 aliphatic heterocycles. The second-order valence-corrected chi connectivity index (χ2v) is 14.6. The first-order valence-electron chi connectivity index (χ1n) is 17.5. The van der Waals surface area contributed by atoms with E-state index in [0.29, 0.717) is 6.42 Å². The molecular weight excluding hydrogens is 638 g/mol. The van der Waals surface area contributed by atoms with Crippen LogP contribution in [0.4, 0.5) is 0 Å². The van der Waals surface area contributed by atoms with Crippen LogP contribution in [0.15, 0.2) is 59.5 Å². The van der Waals surface area contributed by atoms with Crippen molar-refractivity contribution in [3.63, 3.8) is 0 Å². The number of hydrogen-bond donors (Lipinski definition) is 7. The molecular formula is C36H57NO10S. The second kappa shape index (κ2) is 21.3. The van der Waals surface area contributed by atoms with Gasteiger partial charge in [0.25, 0.3) is 0 Å². The zero-order valence-corrected chi connectivity index (χ0v) is 29.0. The zero-order chi connectivity index (χ0) is 34.9. The van der Waals surface area contributed by atoms with Gasteiger partial charge in [-0.05, 0) is 29.7 Å². The first-order valence-corrected chi connectivity index (χ1v) is 19.0. The molecule has 48 heavy (non-hydrogen) atoms. The van der Waals surface area contributed by atoms with Crippen LogP contribution in [0, 0.1) is 0 Å². The van der Waals surface area contributed by atoms with Crippen molar-refractivity contribution in [2.75, 3.05) is 13.2 Å². The van der Waals surface area contributed by atoms with Crippen LogP contribution in [0.3, 0.4) is 0 Å². The van der Waals surface area contributed by atoms with Crippen molar-refractivity contribution < 1.29 is 48.5 Å². The standard InChI is InChI=1S/C36H57NO10S/c1-2-3-4-5-6-7-8-9-10-11-12-16-19-30(39)32(40)29(25-46-36-35(43)34(42)33(41)31(24-38)47-36)37-48(44,45)28-22-20-27(21-23-28)26-17-14-13-15-18-26/h13-15,17-18,20-23,29-43H,2-12,16,19,24-25H2,1H3/t29-,30-,31-,32+,33+,34+,35-,36+/m1/s1. The lowest BCUT2D eigenvalue weighted by atomic mass is 9.99. The molecule has 0 aromatic heterocycles. The largest absolute Gasteiger partial charge is 0.394 e. The van der Waals surface area contributed by atoms with Crippen LogP contribution in [0.25, 0.3) is 11.1 Å². The third-order valence-corrected chi connectivity index (χ3v) is 10.5. The number of benzene rings is 2. The van der Waals surface area contributed by atoms with Gasteiger partial charge in [-0.1, -0.05) is 126 Å². The molecule has 12 heteroatoms. The minimum atomic E-state index is -4.22. The van der Waals surface area contributed by atoms with E-state index in [1.54, 1.807) is 12.1 Å². The van der Waals surface area contributed by atoms with Crippen molar-refractivity contribution in [3.8, 4) is 11.1 Å². The maximum absolute atomic E-state index is 13.5. The maximum Gasteiger partial charge on any atom is 0.240 e. The van der Waals surface area contributed by atoms with Crippen LogP contribution >= 0.6 is 0 Å². The van der Waals surface area contributed by atoms with Crippen molar-refractivity contribution in [3.05, 3.63) is 54.6 Å². The molecule has 0 spiro atoms. The van der Waals surface area contributed by atoms with Gasteiger partial charge in [0.1, 0.15) is 24.4 Å². The minimum Gasteiger partial charge on any atom is -0.394 e. The highest BCUT2D eigenvalue weighted by molar-refractivity contribution is 7.89. The van der Waals surface area contributed by atoms with Crippen LogP contribution < -0.4 is 4.72 Å². The molecule has 272 valence electrons. The molecule has 7 N–H and O–H groups in total. The van der Waals surface area contributed by atoms with Crippen LogP contribution in [-0.2, 0) is 19.5 Å². The topological polar surface area (TPSA) is 186 Å². The van der Waals surface area contributed by atoms with Crippen LogP contribution in [0.2, 0.25) is 0 Å². The smallest absolute Gasteiger partial charge is 0.240 e. The van der Waals surface area contributed by atoms with Gasteiger partial charge >= 0.3 is 0 Å². The lowest BCUT2D eigenvalue weighted by molar-refractivity contribution is -0.303. The molecule has 2 aromatic rings. The third-order valence-electron chi connectivity index (χ3n) is 9.03. The van der Waals surface area contributed by atoms with Crippen molar-refractivity contribution in [2.45, 2.75) is 144 Å². The summed E-state index contributed by atoms with van der Waals surface area (Å²) in [5.74, 6) is 0. The van der Waals surface area contributed by atoms with E-state index >= 15 is 0 Å². The Morgan fingerprint density at radius 1 is 0.750 bits per heavy atom. The lowest BCUT2D eigenvalue weighted by Crippen LogP contribution is -2.60. The maximum atomic E-state index is 13.5. The zero-order valence-electron chi connectivity index (χ0n) is 28.1. The predicted molar refractivity (Wildman–Crippen MR) is 183 cm³/mol. The monoisotopic (exact) mass is 695 g/mol. The Morgan fingerprint density at radius 2 is 1.29 bits per heavy atom. The van der Waals surface area contributed by atoms with E-state index in [1.165, 1.54) is 63.5 Å². The SMILES string of the molecule is CCCCCCCCCCCCCC[C@@H](O)[C@@H](O)[C@@H](CO[C@H]1O[C@H](CO)[C@H](O)[C@H](O)[C@H]1O)NS(=O)(=O)c1ccc(-c2ccccc2)cc1. The number of unbranched alkanes of at least 4 members (excludes halogenated alkanes) is 11. The van der Waals surface area contributed by atoms with Gasteiger partial charge < -0.3 is 40.1 Å². The molecule has 0 amide bonds. The molecule has 3 rings (SSSR count). The first-order chi connectivity index (χ1) is 23.1. The summed E-state index contributed by atoms with van der Waals surface area (Å²) in [6.07, 6.45) is 3.34. The van der Waals surface area contributed by atoms with Gasteiger partial charge in [-0.2, -0.15) is 0 Å². The molecule has 1 saturated heterocycles. The molecule has 0 aliphatic carbocycles. The lowest BCUT2D eigenvalue weighted by Gasteiger charge is -2.40. The quantitative estimate of drug-likeness (QED) is 0.0847. The fourth-order valence-electron chi connectivity index (χ4n) is 5.96. The molecule has 0 bridgehead atoms. The van der Waals surface area contributed by atoms with Crippen molar-refractivity contribution in [2.24, 2.45) is 0 Å². The average Bonchev–Trinajstić information content (AvgIpc) is 3.10. The van der Waals surface area contributed by atoms with Crippen molar-refractivity contribution in [1.82, 2.24) is 4.72 Å². The van der Waals surface area contributed by atoms with E-state index in [2.05, 4.69) is 11.6 Å². The summed E-state index contributed by atoms with van der Waals surface area (Å²) in [4.78, 5) is -0.0670. The fourth-order valence-corrected chi connectivity index (χ4v) is 7.20. The number of hydrogen-bond acceptors (Lipinski definition) is 10. The van der Waals surface area contributed by atoms with E-state index in [4.69, 9.17) is 9.47 Å². The summed E-state index contributed by atoms with van der Waals surface area (Å²) in [7, 11) is -4.22. The van der Waals surface area contributed by atoms with Gasteiger partial charge in [0.2, 0.25) is 10.0 Å². The van der Waals surface area contributed by atoms with E-state index in [1.807, 2.05) is 30.3 Å². The van der Waals surface area contributed by atoms with Crippen molar-refractivity contribution in [1.29, 1.82) is 0 Å². The molecule has 0 saturated carbocycles. The van der Waals surface area contributed by atoms with Gasteiger partial charge in [0.15, 0.2) is 6.29 Å². The van der Waals surface area contributed by atoms with Gasteiger partial charge in [0.05, 0.1) is 36.4 Å². The third kappa shape index (κ3) is 12.7. The molecule has 1 fully saturated rings. The summed E-state index contributed by atoms with van der Waals surface area (Å²) in [5, 5.41) is 62.2. The fraction of sp³-hybridized carbons (Fsp3) is 0.667. The number of aliphatic hydroxyl groups excluding tert-OH is 6. The van der Waals surface area contributed by atoms with Crippen molar-refractivity contribution >= 4 is 10.0 Å². The van der Waals surface area contributed by atoms with Gasteiger partial charge in [0, 0.05) is 0 Å². The van der Waals surface area contributed by atoms with Crippen LogP contribution in [-0.4, -0.2) is 101 Å². The number of aliphatic hydroxyl groups is 6. The Balaban J connectivity index is 1.59. The Labute approximate surface area is 286 Å². The first kappa shape index (κ1) is 40.5. The highest BCUT2D eigenvalue weighted by Crippen LogP contribution is 2.24. The van der Waals surface area contributed by atoms with Gasteiger partial charge in [-0.25, -0.2) is 13.1 Å². The highest BCUT2D eigenvalue weighted by Gasteiger charge is 2.44. The number of rotatable bonds is 23. The average molecular weight is 696 g/mol. The number of nitrogens with one attached hydrogen (secondary N) is 1. The molecule has 2 aromatic carbocycles. The highest BCUT2D eigenvalue weighted by atomic mass is 32.2. The van der Waals surface area contributed by atoms with Gasteiger partial charge in [-0.15, -0.1) is 0 Å². The Hall–Kier alpha value is -1.97. The van der Waals surface area contributed by atoms with E-state index in [0.717, 1.165) is 30.4 Å². The summed E-state index contributed by atoms with van der Waals surface area (Å²) in [6.45, 7) is 0.996. The summed E-state index contributed by atoms with van der Waals surface area (Å²) >= 11 is 0. The predicted octanol–water partition coefficient (Wildman–Crippen LogP) is 3.63. The number of sulfonamides is 1. The Bertz CT molecular complexity index is 1250. The van der Waals surface area contributed by atoms with E-state index < -0.39 is 72.2 Å². The minimum absolute atomic E-state index is 0.0670. The van der Waals surface area contributed by atoms with Crippen LogP contribution in [0.1, 0.15) is 90.4 Å². The van der Waals surface area contributed by atoms with E-state index in [-0.39, 0.29) is 11.3 Å². The van der Waals surface area contributed by atoms with Gasteiger partial charge in [-0.3, -0.25) is 0 Å². The number of ether oxygens (including phenoxy) is 2. The molecule has 1 heterocycles. The normalized spacial score (nSPS) is 23.5. The molecule has 0 radical (unpaired) electrons. The molecule has 0 unspecified atom stereocenters.